The zero-order chi connectivity index (χ0) is 9.26. The van der Waals surface area contributed by atoms with Gasteiger partial charge in [0.05, 0.1) is 5.69 Å². The summed E-state index contributed by atoms with van der Waals surface area (Å²) in [5.41, 5.74) is 2.17. The Kier molecular flexibility index (Phi) is 2.17. The van der Waals surface area contributed by atoms with Crippen LogP contribution in [-0.2, 0) is 12.8 Å². The number of nitrogens with zero attached hydrogens (tertiary/aromatic N) is 1. The first-order valence-electron chi connectivity index (χ1n) is 4.87. The lowest BCUT2D eigenvalue weighted by molar-refractivity contribution is 0.436. The summed E-state index contributed by atoms with van der Waals surface area (Å²) in [7, 11) is 0. The van der Waals surface area contributed by atoms with Crippen molar-refractivity contribution in [3.63, 3.8) is 0 Å². The molecule has 1 aliphatic carbocycles. The molecule has 1 atom stereocenters. The van der Waals surface area contributed by atoms with Gasteiger partial charge in [0.15, 0.2) is 0 Å². The molecule has 0 spiro atoms. The highest BCUT2D eigenvalue weighted by Crippen LogP contribution is 2.24. The van der Waals surface area contributed by atoms with Gasteiger partial charge in [-0.25, -0.2) is 5.10 Å². The summed E-state index contributed by atoms with van der Waals surface area (Å²) < 4.78 is 0. The van der Waals surface area contributed by atoms with E-state index in [1.54, 1.807) is 6.07 Å². The van der Waals surface area contributed by atoms with E-state index in [0.29, 0.717) is 0 Å². The predicted molar refractivity (Wildman–Crippen MR) is 50.7 cm³/mol. The summed E-state index contributed by atoms with van der Waals surface area (Å²) in [6.07, 6.45) is 4.46. The Morgan fingerprint density at radius 2 is 2.54 bits per heavy atom. The van der Waals surface area contributed by atoms with Crippen LogP contribution in [0.2, 0.25) is 0 Å². The Morgan fingerprint density at radius 1 is 1.69 bits per heavy atom. The van der Waals surface area contributed by atoms with Crippen LogP contribution in [0, 0.1) is 5.92 Å². The van der Waals surface area contributed by atoms with Crippen LogP contribution in [0.3, 0.4) is 0 Å². The lowest BCUT2D eigenvalue weighted by Crippen LogP contribution is -2.20. The van der Waals surface area contributed by atoms with Crippen LogP contribution in [-0.4, -0.2) is 10.2 Å². The summed E-state index contributed by atoms with van der Waals surface area (Å²) in [5.74, 6) is 0.746. The van der Waals surface area contributed by atoms with Gasteiger partial charge in [-0.1, -0.05) is 13.3 Å². The van der Waals surface area contributed by atoms with Crippen LogP contribution >= 0.6 is 0 Å². The van der Waals surface area contributed by atoms with Crippen molar-refractivity contribution < 1.29 is 0 Å². The first-order chi connectivity index (χ1) is 6.29. The molecule has 0 saturated heterocycles. The summed E-state index contributed by atoms with van der Waals surface area (Å²) in [5, 5.41) is 6.54. The molecular formula is C10H14N2O. The molecule has 3 heteroatoms. The molecule has 70 valence electrons. The number of hydrogen-bond acceptors (Lipinski definition) is 2. The second-order valence-corrected chi connectivity index (χ2v) is 3.72. The number of aromatic amines is 1. The molecule has 1 aliphatic rings. The average molecular weight is 178 g/mol. The number of hydrogen-bond donors (Lipinski definition) is 1. The molecule has 0 amide bonds. The van der Waals surface area contributed by atoms with Crippen LogP contribution in [0.1, 0.15) is 31.0 Å². The highest BCUT2D eigenvalue weighted by Gasteiger charge is 2.18. The van der Waals surface area contributed by atoms with E-state index < -0.39 is 0 Å². The lowest BCUT2D eigenvalue weighted by Gasteiger charge is -2.21. The molecule has 1 heterocycles. The highest BCUT2D eigenvalue weighted by atomic mass is 16.1. The fourth-order valence-electron chi connectivity index (χ4n) is 1.96. The maximum Gasteiger partial charge on any atom is 0.264 e. The summed E-state index contributed by atoms with van der Waals surface area (Å²) in [6.45, 7) is 2.20. The van der Waals surface area contributed by atoms with Gasteiger partial charge in [-0.2, -0.15) is 5.10 Å². The van der Waals surface area contributed by atoms with Gasteiger partial charge in [0.1, 0.15) is 0 Å². The molecule has 0 aliphatic heterocycles. The number of fused-ring (bicyclic) bond motifs is 1. The van der Waals surface area contributed by atoms with Crippen molar-refractivity contribution in [2.75, 3.05) is 0 Å². The Morgan fingerprint density at radius 3 is 3.31 bits per heavy atom. The van der Waals surface area contributed by atoms with Gasteiger partial charge in [0, 0.05) is 6.07 Å². The van der Waals surface area contributed by atoms with E-state index in [0.717, 1.165) is 30.0 Å². The Bertz CT molecular complexity index is 356. The van der Waals surface area contributed by atoms with E-state index in [2.05, 4.69) is 17.1 Å². The molecule has 1 aromatic heterocycles. The molecular weight excluding hydrogens is 164 g/mol. The Balaban J connectivity index is 2.32. The van der Waals surface area contributed by atoms with Crippen molar-refractivity contribution in [3.8, 4) is 0 Å². The number of aryl methyl sites for hydroxylation is 1. The number of aromatic nitrogens is 2. The Hall–Kier alpha value is -1.12. The predicted octanol–water partition coefficient (Wildman–Crippen LogP) is 1.28. The largest absolute Gasteiger partial charge is 0.268 e. The first kappa shape index (κ1) is 8.48. The molecule has 13 heavy (non-hydrogen) atoms. The third-order valence-electron chi connectivity index (χ3n) is 2.85. The minimum Gasteiger partial charge on any atom is -0.268 e. The maximum atomic E-state index is 11.0. The fourth-order valence-corrected chi connectivity index (χ4v) is 1.96. The minimum absolute atomic E-state index is 0.0736. The van der Waals surface area contributed by atoms with Crippen molar-refractivity contribution in [2.45, 2.75) is 32.6 Å². The Labute approximate surface area is 77.2 Å². The molecule has 0 saturated carbocycles. The van der Waals surface area contributed by atoms with Crippen LogP contribution in [0.15, 0.2) is 10.9 Å². The molecule has 1 unspecified atom stereocenters. The number of nitrogens with one attached hydrogen (secondary N) is 1. The van der Waals surface area contributed by atoms with Gasteiger partial charge >= 0.3 is 0 Å². The molecule has 0 fully saturated rings. The van der Waals surface area contributed by atoms with E-state index >= 15 is 0 Å². The minimum atomic E-state index is -0.0736. The highest BCUT2D eigenvalue weighted by molar-refractivity contribution is 5.20. The third kappa shape index (κ3) is 1.64. The monoisotopic (exact) mass is 178 g/mol. The van der Waals surface area contributed by atoms with Crippen LogP contribution in [0.4, 0.5) is 0 Å². The molecule has 3 nitrogen and oxygen atoms in total. The summed E-state index contributed by atoms with van der Waals surface area (Å²) >= 11 is 0. The topological polar surface area (TPSA) is 45.8 Å². The zero-order valence-corrected chi connectivity index (χ0v) is 7.84. The summed E-state index contributed by atoms with van der Waals surface area (Å²) in [4.78, 5) is 11.0. The first-order valence-corrected chi connectivity index (χ1v) is 4.87. The van der Waals surface area contributed by atoms with Gasteiger partial charge in [-0.15, -0.1) is 0 Å². The normalized spacial score (nSPS) is 21.2. The van der Waals surface area contributed by atoms with Crippen molar-refractivity contribution in [3.05, 3.63) is 27.7 Å². The van der Waals surface area contributed by atoms with E-state index in [4.69, 9.17) is 0 Å². The molecule has 1 N–H and O–H groups in total. The van der Waals surface area contributed by atoms with Gasteiger partial charge in [-0.05, 0) is 30.7 Å². The number of H-pyrrole nitrogens is 1. The van der Waals surface area contributed by atoms with Crippen LogP contribution in [0.5, 0.6) is 0 Å². The van der Waals surface area contributed by atoms with Gasteiger partial charge in [0.25, 0.3) is 5.56 Å². The van der Waals surface area contributed by atoms with E-state index in [9.17, 15) is 4.79 Å². The van der Waals surface area contributed by atoms with Gasteiger partial charge in [-0.3, -0.25) is 4.79 Å². The fraction of sp³-hybridized carbons (Fsp3) is 0.600. The van der Waals surface area contributed by atoms with Crippen molar-refractivity contribution in [1.82, 2.24) is 10.2 Å². The van der Waals surface area contributed by atoms with Crippen molar-refractivity contribution in [2.24, 2.45) is 5.92 Å². The third-order valence-corrected chi connectivity index (χ3v) is 2.85. The summed E-state index contributed by atoms with van der Waals surface area (Å²) in [6, 6.07) is 1.70. The average Bonchev–Trinajstić information content (AvgIpc) is 2.16. The van der Waals surface area contributed by atoms with Crippen LogP contribution < -0.4 is 5.56 Å². The van der Waals surface area contributed by atoms with E-state index in [1.165, 1.54) is 12.8 Å². The zero-order valence-electron chi connectivity index (χ0n) is 7.84. The maximum absolute atomic E-state index is 11.0. The molecule has 0 radical (unpaired) electrons. The molecule has 0 bridgehead atoms. The molecule has 1 aromatic rings. The second-order valence-electron chi connectivity index (χ2n) is 3.72. The quantitative estimate of drug-likeness (QED) is 0.704. The second kappa shape index (κ2) is 3.32. The van der Waals surface area contributed by atoms with Crippen LogP contribution in [0.25, 0.3) is 0 Å². The smallest absolute Gasteiger partial charge is 0.264 e. The van der Waals surface area contributed by atoms with E-state index in [-0.39, 0.29) is 5.56 Å². The standard InChI is InChI=1S/C10H14N2O/c1-2-7-3-4-9-8(5-7)6-10(13)12-11-9/h6-7H,2-5H2,1H3,(H,12,13). The lowest BCUT2D eigenvalue weighted by atomic mass is 9.85. The van der Waals surface area contributed by atoms with Gasteiger partial charge in [0.2, 0.25) is 0 Å². The number of rotatable bonds is 1. The SMILES string of the molecule is CCC1CCc2n[nH]c(=O)cc2C1. The van der Waals surface area contributed by atoms with E-state index in [1.807, 2.05) is 0 Å². The molecule has 0 aromatic carbocycles. The van der Waals surface area contributed by atoms with Crippen molar-refractivity contribution >= 4 is 0 Å². The van der Waals surface area contributed by atoms with Gasteiger partial charge < -0.3 is 0 Å². The van der Waals surface area contributed by atoms with Crippen molar-refractivity contribution in [1.29, 1.82) is 0 Å². The molecule has 2 rings (SSSR count).